The maximum atomic E-state index is 6.54. The molecule has 0 amide bonds. The first-order valence-corrected chi connectivity index (χ1v) is 7.14. The van der Waals surface area contributed by atoms with Crippen LogP contribution < -0.4 is 10.5 Å². The van der Waals surface area contributed by atoms with Crippen LogP contribution in [0.1, 0.15) is 31.1 Å². The van der Waals surface area contributed by atoms with E-state index < -0.39 is 5.54 Å². The minimum atomic E-state index is -0.450. The van der Waals surface area contributed by atoms with Crippen LogP contribution in [0.25, 0.3) is 11.0 Å². The molecule has 1 aliphatic heterocycles. The third kappa shape index (κ3) is 1.73. The van der Waals surface area contributed by atoms with Gasteiger partial charge in [0.25, 0.3) is 0 Å². The smallest absolute Gasteiger partial charge is 0.132 e. The number of nitrogens with two attached hydrogens (primary N) is 1. The summed E-state index contributed by atoms with van der Waals surface area (Å²) in [4.78, 5) is 4.81. The quantitative estimate of drug-likeness (QED) is 0.928. The SMILES string of the molecule is COc1ccc2c(c1)nc(C1(N)CCOC1)n2C1CC1. The van der Waals surface area contributed by atoms with Gasteiger partial charge < -0.3 is 19.8 Å². The molecule has 1 saturated heterocycles. The van der Waals surface area contributed by atoms with E-state index in [1.807, 2.05) is 12.1 Å². The molecule has 4 rings (SSSR count). The molecule has 1 atom stereocenters. The Morgan fingerprint density at radius 2 is 2.30 bits per heavy atom. The number of nitrogens with zero attached hydrogens (tertiary/aromatic N) is 2. The fraction of sp³-hybridized carbons (Fsp3) is 0.533. The highest BCUT2D eigenvalue weighted by Gasteiger charge is 2.40. The van der Waals surface area contributed by atoms with E-state index in [-0.39, 0.29) is 0 Å². The lowest BCUT2D eigenvalue weighted by Gasteiger charge is -2.22. The second-order valence-corrected chi connectivity index (χ2v) is 5.85. The van der Waals surface area contributed by atoms with Gasteiger partial charge in [-0.25, -0.2) is 4.98 Å². The molecular formula is C15H19N3O2. The average Bonchev–Trinajstić information content (AvgIpc) is 3.08. The van der Waals surface area contributed by atoms with Crippen LogP contribution in [0.3, 0.4) is 0 Å². The molecule has 1 saturated carbocycles. The van der Waals surface area contributed by atoms with Crippen LogP contribution in [0, 0.1) is 0 Å². The van der Waals surface area contributed by atoms with E-state index in [1.54, 1.807) is 7.11 Å². The Labute approximate surface area is 117 Å². The summed E-state index contributed by atoms with van der Waals surface area (Å²) in [5.41, 5.74) is 8.21. The van der Waals surface area contributed by atoms with Gasteiger partial charge in [-0.3, -0.25) is 0 Å². The predicted octanol–water partition coefficient (Wildman–Crippen LogP) is 1.95. The van der Waals surface area contributed by atoms with Gasteiger partial charge in [-0.2, -0.15) is 0 Å². The standard InChI is InChI=1S/C15H19N3O2/c1-19-11-4-5-13-12(8-11)17-14(18(13)10-2-3-10)15(16)6-7-20-9-15/h4-5,8,10H,2-3,6-7,9,16H2,1H3. The van der Waals surface area contributed by atoms with Crippen LogP contribution >= 0.6 is 0 Å². The first-order valence-electron chi connectivity index (χ1n) is 7.14. The molecular weight excluding hydrogens is 254 g/mol. The van der Waals surface area contributed by atoms with Gasteiger partial charge >= 0.3 is 0 Å². The van der Waals surface area contributed by atoms with E-state index in [0.717, 1.165) is 29.0 Å². The summed E-state index contributed by atoms with van der Waals surface area (Å²) in [5, 5.41) is 0. The zero-order valence-corrected chi connectivity index (χ0v) is 11.6. The lowest BCUT2D eigenvalue weighted by molar-refractivity contribution is 0.175. The van der Waals surface area contributed by atoms with Gasteiger partial charge in [-0.1, -0.05) is 0 Å². The highest BCUT2D eigenvalue weighted by molar-refractivity contribution is 5.78. The minimum Gasteiger partial charge on any atom is -0.497 e. The fourth-order valence-electron chi connectivity index (χ4n) is 3.02. The van der Waals surface area contributed by atoms with Crippen LogP contribution in [0.4, 0.5) is 0 Å². The lowest BCUT2D eigenvalue weighted by Crippen LogP contribution is -2.40. The highest BCUT2D eigenvalue weighted by Crippen LogP contribution is 2.42. The van der Waals surface area contributed by atoms with Crippen molar-refractivity contribution in [3.8, 4) is 5.75 Å². The Morgan fingerprint density at radius 3 is 2.95 bits per heavy atom. The molecule has 106 valence electrons. The number of aromatic nitrogens is 2. The van der Waals surface area contributed by atoms with E-state index in [1.165, 1.54) is 12.8 Å². The van der Waals surface area contributed by atoms with Crippen LogP contribution in [-0.2, 0) is 10.3 Å². The normalized spacial score (nSPS) is 26.3. The summed E-state index contributed by atoms with van der Waals surface area (Å²) in [5.74, 6) is 1.80. The van der Waals surface area contributed by atoms with E-state index in [0.29, 0.717) is 19.3 Å². The number of ether oxygens (including phenoxy) is 2. The molecule has 20 heavy (non-hydrogen) atoms. The Morgan fingerprint density at radius 1 is 1.45 bits per heavy atom. The molecule has 2 aromatic rings. The van der Waals surface area contributed by atoms with Crippen molar-refractivity contribution in [1.29, 1.82) is 0 Å². The minimum absolute atomic E-state index is 0.450. The van der Waals surface area contributed by atoms with Crippen LogP contribution in [-0.4, -0.2) is 29.9 Å². The van der Waals surface area contributed by atoms with Gasteiger partial charge in [-0.05, 0) is 31.4 Å². The maximum Gasteiger partial charge on any atom is 0.132 e. The van der Waals surface area contributed by atoms with E-state index >= 15 is 0 Å². The van der Waals surface area contributed by atoms with Crippen molar-refractivity contribution in [2.45, 2.75) is 30.8 Å². The highest BCUT2D eigenvalue weighted by atomic mass is 16.5. The summed E-state index contributed by atoms with van der Waals surface area (Å²) >= 11 is 0. The third-order valence-electron chi connectivity index (χ3n) is 4.31. The Balaban J connectivity index is 1.92. The van der Waals surface area contributed by atoms with Gasteiger partial charge in [0.15, 0.2) is 0 Å². The summed E-state index contributed by atoms with van der Waals surface area (Å²) < 4.78 is 13.1. The molecule has 5 heteroatoms. The van der Waals surface area contributed by atoms with Crippen LogP contribution in [0.15, 0.2) is 18.2 Å². The molecule has 1 aromatic heterocycles. The zero-order chi connectivity index (χ0) is 13.7. The van der Waals surface area contributed by atoms with Gasteiger partial charge in [0.2, 0.25) is 0 Å². The molecule has 1 aliphatic carbocycles. The number of rotatable bonds is 3. The Bertz CT molecular complexity index is 654. The molecule has 0 spiro atoms. The largest absolute Gasteiger partial charge is 0.497 e. The monoisotopic (exact) mass is 273 g/mol. The van der Waals surface area contributed by atoms with Crippen molar-refractivity contribution in [2.75, 3.05) is 20.3 Å². The zero-order valence-electron chi connectivity index (χ0n) is 11.6. The molecule has 2 aliphatic rings. The Kier molecular flexibility index (Phi) is 2.56. The molecule has 5 nitrogen and oxygen atoms in total. The van der Waals surface area contributed by atoms with Crippen molar-refractivity contribution in [1.82, 2.24) is 9.55 Å². The first-order chi connectivity index (χ1) is 9.71. The predicted molar refractivity (Wildman–Crippen MR) is 75.9 cm³/mol. The van der Waals surface area contributed by atoms with Crippen LogP contribution in [0.2, 0.25) is 0 Å². The summed E-state index contributed by atoms with van der Waals surface area (Å²) in [6.45, 7) is 1.27. The molecule has 2 N–H and O–H groups in total. The van der Waals surface area contributed by atoms with E-state index in [9.17, 15) is 0 Å². The molecule has 0 bridgehead atoms. The van der Waals surface area contributed by atoms with Crippen molar-refractivity contribution >= 4 is 11.0 Å². The van der Waals surface area contributed by atoms with Crippen molar-refractivity contribution in [3.05, 3.63) is 24.0 Å². The second kappa shape index (κ2) is 4.20. The molecule has 2 heterocycles. The Hall–Kier alpha value is -1.59. The summed E-state index contributed by atoms with van der Waals surface area (Å²) in [6.07, 6.45) is 3.25. The van der Waals surface area contributed by atoms with Gasteiger partial charge in [-0.15, -0.1) is 0 Å². The number of benzene rings is 1. The molecule has 1 aromatic carbocycles. The topological polar surface area (TPSA) is 62.3 Å². The molecule has 2 fully saturated rings. The molecule has 0 radical (unpaired) electrons. The number of fused-ring (bicyclic) bond motifs is 1. The van der Waals surface area contributed by atoms with Crippen molar-refractivity contribution < 1.29 is 9.47 Å². The van der Waals surface area contributed by atoms with Gasteiger partial charge in [0.05, 0.1) is 24.8 Å². The van der Waals surface area contributed by atoms with E-state index in [4.69, 9.17) is 20.2 Å². The number of methoxy groups -OCH3 is 1. The lowest BCUT2D eigenvalue weighted by atomic mass is 9.99. The van der Waals surface area contributed by atoms with E-state index in [2.05, 4.69) is 10.6 Å². The molecule has 1 unspecified atom stereocenters. The number of hydrogen-bond acceptors (Lipinski definition) is 4. The van der Waals surface area contributed by atoms with Gasteiger partial charge in [0, 0.05) is 18.7 Å². The fourth-order valence-corrected chi connectivity index (χ4v) is 3.02. The third-order valence-corrected chi connectivity index (χ3v) is 4.31. The average molecular weight is 273 g/mol. The second-order valence-electron chi connectivity index (χ2n) is 5.85. The maximum absolute atomic E-state index is 6.54. The van der Waals surface area contributed by atoms with Crippen LogP contribution in [0.5, 0.6) is 5.75 Å². The number of imidazole rings is 1. The number of hydrogen-bond donors (Lipinski definition) is 1. The summed E-state index contributed by atoms with van der Waals surface area (Å²) in [6, 6.07) is 6.60. The first kappa shape index (κ1) is 12.2. The van der Waals surface area contributed by atoms with Crippen molar-refractivity contribution in [3.63, 3.8) is 0 Å². The van der Waals surface area contributed by atoms with Crippen molar-refractivity contribution in [2.24, 2.45) is 5.73 Å². The summed E-state index contributed by atoms with van der Waals surface area (Å²) in [7, 11) is 1.68. The van der Waals surface area contributed by atoms with Gasteiger partial charge in [0.1, 0.15) is 17.1 Å².